The van der Waals surface area contributed by atoms with E-state index >= 15 is 0 Å². The third-order valence-electron chi connectivity index (χ3n) is 3.25. The Bertz CT molecular complexity index is 451. The summed E-state index contributed by atoms with van der Waals surface area (Å²) in [7, 11) is 3.32. The van der Waals surface area contributed by atoms with Gasteiger partial charge in [-0.3, -0.25) is 9.48 Å². The van der Waals surface area contributed by atoms with E-state index in [0.29, 0.717) is 6.42 Å². The van der Waals surface area contributed by atoms with Crippen LogP contribution < -0.4 is 0 Å². The number of carbonyl (C=O) groups excluding carboxylic acids is 1. The smallest absolute Gasteiger partial charge is 0.329 e. The highest BCUT2D eigenvalue weighted by Gasteiger charge is 2.34. The topological polar surface area (TPSA) is 75.4 Å². The molecule has 0 unspecified atom stereocenters. The number of hydrogen-bond donors (Lipinski definition) is 1. The Labute approximate surface area is 106 Å². The van der Waals surface area contributed by atoms with Crippen LogP contribution in [0.3, 0.4) is 0 Å². The van der Waals surface area contributed by atoms with E-state index in [9.17, 15) is 9.59 Å². The molecule has 0 aliphatic rings. The third kappa shape index (κ3) is 2.88. The van der Waals surface area contributed by atoms with Gasteiger partial charge in [0, 0.05) is 32.4 Å². The number of carboxylic acids is 1. The quantitative estimate of drug-likeness (QED) is 0.837. The van der Waals surface area contributed by atoms with E-state index in [4.69, 9.17) is 5.11 Å². The number of hydrogen-bond acceptors (Lipinski definition) is 3. The zero-order valence-corrected chi connectivity index (χ0v) is 11.2. The number of amides is 1. The van der Waals surface area contributed by atoms with Crippen LogP contribution in [0.4, 0.5) is 0 Å². The van der Waals surface area contributed by atoms with Gasteiger partial charge in [0.1, 0.15) is 5.54 Å². The second-order valence-corrected chi connectivity index (χ2v) is 4.76. The summed E-state index contributed by atoms with van der Waals surface area (Å²) in [5, 5.41) is 13.1. The van der Waals surface area contributed by atoms with Gasteiger partial charge in [-0.1, -0.05) is 0 Å². The average Bonchev–Trinajstić information content (AvgIpc) is 2.70. The first-order valence-electron chi connectivity index (χ1n) is 5.73. The Morgan fingerprint density at radius 2 is 2.11 bits per heavy atom. The molecule has 0 saturated heterocycles. The number of carbonyl (C=O) groups is 2. The maximum atomic E-state index is 11.9. The Morgan fingerprint density at radius 1 is 1.50 bits per heavy atom. The molecule has 0 atom stereocenters. The number of aromatic nitrogens is 2. The third-order valence-corrected chi connectivity index (χ3v) is 3.25. The molecule has 0 radical (unpaired) electrons. The van der Waals surface area contributed by atoms with E-state index in [-0.39, 0.29) is 12.3 Å². The van der Waals surface area contributed by atoms with Crippen molar-refractivity contribution in [3.63, 3.8) is 0 Å². The number of carboxylic acid groups (broad SMARTS) is 1. The molecule has 1 heterocycles. The number of nitrogens with zero attached hydrogens (tertiary/aromatic N) is 3. The highest BCUT2D eigenvalue weighted by atomic mass is 16.4. The Kier molecular flexibility index (Phi) is 4.11. The molecule has 0 spiro atoms. The van der Waals surface area contributed by atoms with Crippen molar-refractivity contribution in [2.24, 2.45) is 7.05 Å². The number of aliphatic carboxylic acids is 1. The molecule has 6 heteroatoms. The van der Waals surface area contributed by atoms with Gasteiger partial charge in [-0.2, -0.15) is 5.10 Å². The van der Waals surface area contributed by atoms with Gasteiger partial charge in [0.2, 0.25) is 5.91 Å². The normalized spacial score (nSPS) is 11.3. The van der Waals surface area contributed by atoms with Crippen LogP contribution in [0.5, 0.6) is 0 Å². The molecule has 1 aromatic heterocycles. The largest absolute Gasteiger partial charge is 0.480 e. The van der Waals surface area contributed by atoms with Crippen LogP contribution in [-0.4, -0.2) is 44.3 Å². The molecular weight excluding hydrogens is 234 g/mol. The number of aryl methyl sites for hydroxylation is 2. The fourth-order valence-electron chi connectivity index (χ4n) is 1.50. The van der Waals surface area contributed by atoms with Crippen LogP contribution in [0.2, 0.25) is 0 Å². The first kappa shape index (κ1) is 14.2. The Hall–Kier alpha value is -1.85. The van der Waals surface area contributed by atoms with Gasteiger partial charge in [-0.05, 0) is 26.3 Å². The van der Waals surface area contributed by atoms with Crippen molar-refractivity contribution in [1.29, 1.82) is 0 Å². The van der Waals surface area contributed by atoms with Gasteiger partial charge in [0.15, 0.2) is 0 Å². The van der Waals surface area contributed by atoms with E-state index < -0.39 is 11.5 Å². The molecule has 1 aromatic rings. The lowest BCUT2D eigenvalue weighted by atomic mass is 10.0. The predicted octanol–water partition coefficient (Wildman–Crippen LogP) is 0.674. The fourth-order valence-corrected chi connectivity index (χ4v) is 1.50. The van der Waals surface area contributed by atoms with Crippen molar-refractivity contribution in [1.82, 2.24) is 14.7 Å². The second-order valence-electron chi connectivity index (χ2n) is 4.76. The minimum Gasteiger partial charge on any atom is -0.480 e. The van der Waals surface area contributed by atoms with Crippen LogP contribution in [0.25, 0.3) is 0 Å². The monoisotopic (exact) mass is 253 g/mol. The van der Waals surface area contributed by atoms with Gasteiger partial charge in [0.25, 0.3) is 0 Å². The summed E-state index contributed by atoms with van der Waals surface area (Å²) < 4.78 is 1.70. The maximum absolute atomic E-state index is 11.9. The summed E-state index contributed by atoms with van der Waals surface area (Å²) in [6, 6.07) is 1.84. The molecular formula is C12H19N3O3. The minimum absolute atomic E-state index is 0.191. The van der Waals surface area contributed by atoms with Crippen molar-refractivity contribution >= 4 is 11.9 Å². The highest BCUT2D eigenvalue weighted by molar-refractivity contribution is 5.86. The van der Waals surface area contributed by atoms with Crippen LogP contribution in [0.1, 0.15) is 26.0 Å². The zero-order valence-electron chi connectivity index (χ0n) is 11.2. The Balaban J connectivity index is 2.61. The second kappa shape index (κ2) is 5.20. The SMILES string of the molecule is CN(C(=O)CCc1ccnn1C)C(C)(C)C(=O)O. The summed E-state index contributed by atoms with van der Waals surface area (Å²) in [5.74, 6) is -1.21. The summed E-state index contributed by atoms with van der Waals surface area (Å²) in [5.41, 5.74) is -0.242. The lowest BCUT2D eigenvalue weighted by Crippen LogP contribution is -2.50. The predicted molar refractivity (Wildman–Crippen MR) is 66.0 cm³/mol. The van der Waals surface area contributed by atoms with E-state index in [1.807, 2.05) is 13.1 Å². The molecule has 0 aromatic carbocycles. The van der Waals surface area contributed by atoms with Crippen molar-refractivity contribution in [3.05, 3.63) is 18.0 Å². The standard InChI is InChI=1S/C12H19N3O3/c1-12(2,11(17)18)14(3)10(16)6-5-9-7-8-13-15(9)4/h7-8H,5-6H2,1-4H3,(H,17,18). The molecule has 18 heavy (non-hydrogen) atoms. The van der Waals surface area contributed by atoms with Gasteiger partial charge < -0.3 is 10.0 Å². The Morgan fingerprint density at radius 3 is 2.56 bits per heavy atom. The lowest BCUT2D eigenvalue weighted by molar-refractivity contribution is -0.155. The highest BCUT2D eigenvalue weighted by Crippen LogP contribution is 2.14. The van der Waals surface area contributed by atoms with Crippen molar-refractivity contribution < 1.29 is 14.7 Å². The van der Waals surface area contributed by atoms with Gasteiger partial charge in [-0.15, -0.1) is 0 Å². The van der Waals surface area contributed by atoms with Crippen molar-refractivity contribution in [2.45, 2.75) is 32.2 Å². The van der Waals surface area contributed by atoms with Crippen LogP contribution in [0.15, 0.2) is 12.3 Å². The molecule has 0 aliphatic heterocycles. The van der Waals surface area contributed by atoms with E-state index in [1.165, 1.54) is 25.8 Å². The molecule has 0 bridgehead atoms. The van der Waals surface area contributed by atoms with Crippen LogP contribution in [-0.2, 0) is 23.1 Å². The van der Waals surface area contributed by atoms with Crippen LogP contribution in [0, 0.1) is 0 Å². The summed E-state index contributed by atoms with van der Waals surface area (Å²) in [6.07, 6.45) is 2.49. The van der Waals surface area contributed by atoms with E-state index in [0.717, 1.165) is 5.69 Å². The van der Waals surface area contributed by atoms with Gasteiger partial charge >= 0.3 is 5.97 Å². The van der Waals surface area contributed by atoms with Crippen molar-refractivity contribution in [2.75, 3.05) is 7.05 Å². The summed E-state index contributed by atoms with van der Waals surface area (Å²) in [4.78, 5) is 24.2. The fraction of sp³-hybridized carbons (Fsp3) is 0.583. The molecule has 0 aliphatic carbocycles. The van der Waals surface area contributed by atoms with Crippen molar-refractivity contribution in [3.8, 4) is 0 Å². The molecule has 6 nitrogen and oxygen atoms in total. The van der Waals surface area contributed by atoms with E-state index in [2.05, 4.69) is 5.10 Å². The number of rotatable bonds is 5. The first-order chi connectivity index (χ1) is 8.26. The summed E-state index contributed by atoms with van der Waals surface area (Å²) >= 11 is 0. The zero-order chi connectivity index (χ0) is 13.9. The minimum atomic E-state index is -1.19. The first-order valence-corrected chi connectivity index (χ1v) is 5.73. The summed E-state index contributed by atoms with van der Waals surface area (Å²) in [6.45, 7) is 3.02. The van der Waals surface area contributed by atoms with Gasteiger partial charge in [0.05, 0.1) is 0 Å². The molecule has 1 N–H and O–H groups in total. The molecule has 0 saturated carbocycles. The lowest BCUT2D eigenvalue weighted by Gasteiger charge is -2.31. The molecule has 0 fully saturated rings. The average molecular weight is 253 g/mol. The molecule has 1 amide bonds. The number of likely N-dealkylation sites (N-methyl/N-ethyl adjacent to an activating group) is 1. The van der Waals surface area contributed by atoms with Crippen LogP contribution >= 0.6 is 0 Å². The van der Waals surface area contributed by atoms with E-state index in [1.54, 1.807) is 10.9 Å². The molecule has 1 rings (SSSR count). The van der Waals surface area contributed by atoms with Gasteiger partial charge in [-0.25, -0.2) is 4.79 Å². The maximum Gasteiger partial charge on any atom is 0.329 e. The molecule has 100 valence electrons.